The average molecular weight is 485 g/mol. The molecule has 0 spiro atoms. The normalized spacial score (nSPS) is 23.5. The zero-order chi connectivity index (χ0) is 23.4. The van der Waals surface area contributed by atoms with E-state index in [4.69, 9.17) is 0 Å². The average Bonchev–Trinajstić information content (AvgIpc) is 3.34. The summed E-state index contributed by atoms with van der Waals surface area (Å²) in [5, 5.41) is 0. The Morgan fingerprint density at radius 1 is 1.03 bits per heavy atom. The van der Waals surface area contributed by atoms with Crippen LogP contribution in [0, 0.1) is 0 Å². The zero-order valence-corrected chi connectivity index (χ0v) is 20.4. The molecule has 0 aromatic heterocycles. The lowest BCUT2D eigenvalue weighted by molar-refractivity contribution is -0.500. The van der Waals surface area contributed by atoms with Gasteiger partial charge in [-0.25, -0.2) is 13.0 Å². The van der Waals surface area contributed by atoms with Gasteiger partial charge in [0.05, 0.1) is 7.11 Å². The molecule has 1 aliphatic carbocycles. The second-order valence-electron chi connectivity index (χ2n) is 8.45. The number of rotatable bonds is 8. The molecule has 0 amide bonds. The summed E-state index contributed by atoms with van der Waals surface area (Å²) in [7, 11) is -6.65. The van der Waals surface area contributed by atoms with Crippen molar-refractivity contribution in [2.24, 2.45) is 0 Å². The molecule has 0 aromatic carbocycles. The quantitative estimate of drug-likeness (QED) is 0.296. The van der Waals surface area contributed by atoms with Crippen molar-refractivity contribution in [1.29, 1.82) is 0 Å². The fourth-order valence-corrected chi connectivity index (χ4v) is 5.93. The molecule has 1 fully saturated rings. The first-order valence-electron chi connectivity index (χ1n) is 10.9. The topological polar surface area (TPSA) is 107 Å². The minimum Gasteiger partial charge on any atom is -0.743 e. The highest BCUT2D eigenvalue weighted by Crippen LogP contribution is 2.31. The zero-order valence-electron chi connectivity index (χ0n) is 18.7. The van der Waals surface area contributed by atoms with Crippen LogP contribution in [0.15, 0.2) is 46.7 Å². The van der Waals surface area contributed by atoms with Crippen LogP contribution in [0.5, 0.6) is 0 Å². The van der Waals surface area contributed by atoms with Crippen LogP contribution in [-0.4, -0.2) is 68.5 Å². The molecule has 8 nitrogen and oxygen atoms in total. The minimum atomic E-state index is -4.29. The van der Waals surface area contributed by atoms with Crippen molar-refractivity contribution < 1.29 is 30.1 Å². The molecular formula is C22H32N2O6S2. The van der Waals surface area contributed by atoms with Gasteiger partial charge in [0.25, 0.3) is 10.1 Å². The van der Waals surface area contributed by atoms with Gasteiger partial charge in [0.2, 0.25) is 5.88 Å². The van der Waals surface area contributed by atoms with Crippen LogP contribution in [-0.2, 0) is 24.4 Å². The lowest BCUT2D eigenvalue weighted by Gasteiger charge is -2.20. The number of hydrogen-bond donors (Lipinski definition) is 0. The van der Waals surface area contributed by atoms with Crippen molar-refractivity contribution in [3.63, 3.8) is 0 Å². The van der Waals surface area contributed by atoms with Crippen molar-refractivity contribution in [2.75, 3.05) is 32.0 Å². The molecule has 3 aliphatic rings. The van der Waals surface area contributed by atoms with E-state index >= 15 is 0 Å². The fourth-order valence-electron chi connectivity index (χ4n) is 4.47. The maximum Gasteiger partial charge on any atom is 0.285 e. The monoisotopic (exact) mass is 484 g/mol. The van der Waals surface area contributed by atoms with Gasteiger partial charge in [-0.3, -0.25) is 4.18 Å². The summed E-state index contributed by atoms with van der Waals surface area (Å²) in [6.07, 6.45) is 14.4. The van der Waals surface area contributed by atoms with E-state index in [1.807, 2.05) is 23.1 Å². The molecule has 2 aliphatic heterocycles. The van der Waals surface area contributed by atoms with Crippen LogP contribution in [0.2, 0.25) is 0 Å². The maximum absolute atomic E-state index is 11.8. The molecule has 2 heterocycles. The van der Waals surface area contributed by atoms with Gasteiger partial charge in [-0.2, -0.15) is 8.42 Å². The van der Waals surface area contributed by atoms with E-state index in [1.165, 1.54) is 23.8 Å². The van der Waals surface area contributed by atoms with Crippen LogP contribution in [0.3, 0.4) is 0 Å². The summed E-state index contributed by atoms with van der Waals surface area (Å²) in [4.78, 5) is 1.86. The van der Waals surface area contributed by atoms with Gasteiger partial charge in [-0.05, 0) is 61.8 Å². The molecular weight excluding hydrogens is 452 g/mol. The summed E-state index contributed by atoms with van der Waals surface area (Å²) in [6, 6.07) is 0. The summed E-state index contributed by atoms with van der Waals surface area (Å²) < 4.78 is 63.3. The molecule has 0 N–H and O–H groups in total. The summed E-state index contributed by atoms with van der Waals surface area (Å²) in [6.45, 7) is 3.38. The number of allylic oxidation sites excluding steroid dienone is 8. The smallest absolute Gasteiger partial charge is 0.285 e. The van der Waals surface area contributed by atoms with Crippen LogP contribution < -0.4 is 0 Å². The Bertz CT molecular complexity index is 1100. The first-order chi connectivity index (χ1) is 15.1. The second-order valence-corrected chi connectivity index (χ2v) is 11.5. The highest BCUT2D eigenvalue weighted by atomic mass is 32.2. The van der Waals surface area contributed by atoms with E-state index in [2.05, 4.69) is 17.2 Å². The molecule has 0 unspecified atom stereocenters. The van der Waals surface area contributed by atoms with Gasteiger partial charge >= 0.3 is 0 Å². The van der Waals surface area contributed by atoms with E-state index < -0.39 is 26.1 Å². The van der Waals surface area contributed by atoms with E-state index in [0.29, 0.717) is 13.1 Å². The van der Waals surface area contributed by atoms with Crippen LogP contribution >= 0.6 is 0 Å². The molecule has 178 valence electrons. The summed E-state index contributed by atoms with van der Waals surface area (Å²) in [5.41, 5.74) is 5.52. The Kier molecular flexibility index (Phi) is 8.13. The molecule has 0 aromatic rings. The third kappa shape index (κ3) is 6.87. The Balaban J connectivity index is 1.78. The standard InChI is InChI=1S/C22H32N2O6S2/c1-18-19(10-12-21-8-4-14-23(21)16-31(25,26)27)6-3-7-20(18)11-13-22-9-5-15-24(22)17-32(28,29)30-2/h10-13H,3-9,14-17H2,1-2H3. The molecule has 0 bridgehead atoms. The van der Waals surface area contributed by atoms with Crippen molar-refractivity contribution in [2.45, 2.75) is 51.9 Å². The van der Waals surface area contributed by atoms with Gasteiger partial charge in [0.15, 0.2) is 15.8 Å². The lowest BCUT2D eigenvalue weighted by atomic mass is 9.87. The molecule has 0 saturated carbocycles. The predicted octanol–water partition coefficient (Wildman–Crippen LogP) is 2.63. The first kappa shape index (κ1) is 24.9. The van der Waals surface area contributed by atoms with Crippen LogP contribution in [0.1, 0.15) is 51.9 Å². The molecule has 1 saturated heterocycles. The van der Waals surface area contributed by atoms with Crippen LogP contribution in [0.25, 0.3) is 0 Å². The fraction of sp³-hybridized carbons (Fsp3) is 0.591. The summed E-state index contributed by atoms with van der Waals surface area (Å²) in [5.74, 6) is -0.603. The Labute approximate surface area is 191 Å². The molecule has 3 rings (SSSR count). The number of hydrogen-bond acceptors (Lipinski definition) is 7. The summed E-state index contributed by atoms with van der Waals surface area (Å²) >= 11 is 0. The molecule has 0 atom stereocenters. The van der Waals surface area contributed by atoms with Gasteiger partial charge in [-0.1, -0.05) is 12.2 Å². The first-order valence-corrected chi connectivity index (χ1v) is 14.1. The van der Waals surface area contributed by atoms with Crippen LogP contribution in [0.4, 0.5) is 0 Å². The van der Waals surface area contributed by atoms with E-state index in [-0.39, 0.29) is 5.88 Å². The van der Waals surface area contributed by atoms with Gasteiger partial charge in [-0.15, -0.1) is 0 Å². The highest BCUT2D eigenvalue weighted by Gasteiger charge is 2.24. The van der Waals surface area contributed by atoms with E-state index in [0.717, 1.165) is 56.4 Å². The second kappa shape index (κ2) is 10.5. The van der Waals surface area contributed by atoms with Gasteiger partial charge in [0.1, 0.15) is 12.4 Å². The maximum atomic E-state index is 11.8. The van der Waals surface area contributed by atoms with E-state index in [9.17, 15) is 21.4 Å². The lowest BCUT2D eigenvalue weighted by Crippen LogP contribution is -2.26. The third-order valence-corrected chi connectivity index (χ3v) is 7.99. The number of nitrogens with zero attached hydrogens (tertiary/aromatic N) is 2. The van der Waals surface area contributed by atoms with Crippen molar-refractivity contribution >= 4 is 25.9 Å². The Morgan fingerprint density at radius 3 is 2.53 bits per heavy atom. The Hall–Kier alpha value is -1.75. The number of likely N-dealkylation sites (tertiary alicyclic amines) is 1. The molecule has 0 radical (unpaired) electrons. The minimum absolute atomic E-state index is 0.129. The van der Waals surface area contributed by atoms with Gasteiger partial charge < -0.3 is 9.45 Å². The SMILES string of the molecule is COS(=O)(=O)CN1CCC/C1=C\C=C1/CCCC(/C=C/C2=[N+](CS(=O)(=O)[O-])CCC2)=C1C. The van der Waals surface area contributed by atoms with Crippen molar-refractivity contribution in [1.82, 2.24) is 4.90 Å². The third-order valence-electron chi connectivity index (χ3n) is 6.23. The van der Waals surface area contributed by atoms with Crippen molar-refractivity contribution in [3.05, 3.63) is 46.7 Å². The van der Waals surface area contributed by atoms with Gasteiger partial charge in [0, 0.05) is 31.2 Å². The highest BCUT2D eigenvalue weighted by molar-refractivity contribution is 7.86. The van der Waals surface area contributed by atoms with Crippen molar-refractivity contribution in [3.8, 4) is 0 Å². The van der Waals surface area contributed by atoms with E-state index in [1.54, 1.807) is 4.58 Å². The predicted molar refractivity (Wildman–Crippen MR) is 123 cm³/mol. The molecule has 10 heteroatoms. The molecule has 32 heavy (non-hydrogen) atoms. The Morgan fingerprint density at radius 2 is 1.81 bits per heavy atom. The largest absolute Gasteiger partial charge is 0.743 e.